The van der Waals surface area contributed by atoms with Crippen LogP contribution in [0.2, 0.25) is 0 Å². The number of phenols is 1. The van der Waals surface area contributed by atoms with Gasteiger partial charge in [0.1, 0.15) is 5.75 Å². The molecule has 0 radical (unpaired) electrons. The van der Waals surface area contributed by atoms with E-state index in [0.29, 0.717) is 6.54 Å². The van der Waals surface area contributed by atoms with Crippen molar-refractivity contribution >= 4 is 22.4 Å². The molecule has 4 nitrogen and oxygen atoms in total. The van der Waals surface area contributed by atoms with E-state index in [0.717, 1.165) is 15.9 Å². The Morgan fingerprint density at radius 2 is 2.24 bits per heavy atom. The molecule has 17 heavy (non-hydrogen) atoms. The molecular formula is C12H10N2O2S. The summed E-state index contributed by atoms with van der Waals surface area (Å²) in [6.45, 7) is 0.528. The van der Waals surface area contributed by atoms with Crippen molar-refractivity contribution < 1.29 is 5.11 Å². The minimum absolute atomic E-state index is 0.154. The fourth-order valence-corrected chi connectivity index (χ4v) is 2.55. The third-order valence-corrected chi connectivity index (χ3v) is 3.51. The van der Waals surface area contributed by atoms with Crippen molar-refractivity contribution in [2.24, 2.45) is 0 Å². The minimum atomic E-state index is -0.154. The molecule has 2 N–H and O–H groups in total. The molecule has 0 saturated carbocycles. The number of benzene rings is 1. The topological polar surface area (TPSA) is 58.0 Å². The van der Waals surface area contributed by atoms with E-state index in [4.69, 9.17) is 0 Å². The van der Waals surface area contributed by atoms with E-state index < -0.39 is 0 Å². The predicted molar refractivity (Wildman–Crippen MR) is 67.6 cm³/mol. The molecule has 0 amide bonds. The second-order valence-electron chi connectivity index (χ2n) is 3.80. The van der Waals surface area contributed by atoms with Gasteiger partial charge in [-0.1, -0.05) is 6.07 Å². The first-order valence-electron chi connectivity index (χ1n) is 5.18. The molecule has 0 fully saturated rings. The molecule has 0 unspecified atom stereocenters. The minimum Gasteiger partial charge on any atom is -0.508 e. The van der Waals surface area contributed by atoms with Gasteiger partial charge in [0.25, 0.3) is 0 Å². The van der Waals surface area contributed by atoms with Crippen LogP contribution in [-0.4, -0.2) is 14.7 Å². The number of rotatable bonds is 2. The summed E-state index contributed by atoms with van der Waals surface area (Å²) in [7, 11) is 0. The van der Waals surface area contributed by atoms with Crippen molar-refractivity contribution in [1.82, 2.24) is 9.55 Å². The van der Waals surface area contributed by atoms with Gasteiger partial charge in [-0.05, 0) is 23.6 Å². The van der Waals surface area contributed by atoms with Crippen LogP contribution in [0.15, 0.2) is 40.5 Å². The maximum absolute atomic E-state index is 11.8. The van der Waals surface area contributed by atoms with Gasteiger partial charge in [0.05, 0.1) is 17.6 Å². The van der Waals surface area contributed by atoms with Crippen LogP contribution < -0.4 is 5.69 Å². The molecule has 1 aromatic carbocycles. The van der Waals surface area contributed by atoms with Gasteiger partial charge in [-0.15, -0.1) is 11.3 Å². The fourth-order valence-electron chi connectivity index (χ4n) is 1.86. The number of fused-ring (bicyclic) bond motifs is 1. The lowest BCUT2D eigenvalue weighted by atomic mass is 10.3. The van der Waals surface area contributed by atoms with Crippen LogP contribution in [-0.2, 0) is 6.54 Å². The van der Waals surface area contributed by atoms with Crippen LogP contribution in [0.1, 0.15) is 4.88 Å². The molecule has 3 rings (SSSR count). The second kappa shape index (κ2) is 3.78. The van der Waals surface area contributed by atoms with Crippen molar-refractivity contribution in [2.45, 2.75) is 6.54 Å². The zero-order valence-electron chi connectivity index (χ0n) is 8.88. The van der Waals surface area contributed by atoms with Crippen molar-refractivity contribution in [3.63, 3.8) is 0 Å². The maximum Gasteiger partial charge on any atom is 0.326 e. The van der Waals surface area contributed by atoms with Crippen LogP contribution in [0.5, 0.6) is 5.75 Å². The van der Waals surface area contributed by atoms with Crippen LogP contribution in [0.4, 0.5) is 0 Å². The number of hydrogen-bond acceptors (Lipinski definition) is 3. The number of phenolic OH excluding ortho intramolecular Hbond substituents is 1. The number of thiophene rings is 1. The Hall–Kier alpha value is -2.01. The van der Waals surface area contributed by atoms with Gasteiger partial charge in [-0.2, -0.15) is 0 Å². The van der Waals surface area contributed by atoms with Crippen LogP contribution in [0, 0.1) is 0 Å². The van der Waals surface area contributed by atoms with Crippen molar-refractivity contribution in [3.05, 3.63) is 51.1 Å². The summed E-state index contributed by atoms with van der Waals surface area (Å²) in [6, 6.07) is 8.81. The molecule has 0 saturated heterocycles. The van der Waals surface area contributed by atoms with Gasteiger partial charge in [-0.25, -0.2) is 4.79 Å². The first-order chi connectivity index (χ1) is 8.24. The average Bonchev–Trinajstić information content (AvgIpc) is 2.90. The lowest BCUT2D eigenvalue weighted by molar-refractivity contribution is 0.476. The van der Waals surface area contributed by atoms with Crippen LogP contribution in [0.3, 0.4) is 0 Å². The number of H-pyrrole nitrogens is 1. The number of nitrogens with zero attached hydrogens (tertiary/aromatic N) is 1. The smallest absolute Gasteiger partial charge is 0.326 e. The van der Waals surface area contributed by atoms with E-state index in [-0.39, 0.29) is 11.4 Å². The van der Waals surface area contributed by atoms with E-state index in [1.54, 1.807) is 34.1 Å². The molecule has 3 aromatic rings. The van der Waals surface area contributed by atoms with Gasteiger partial charge in [0.2, 0.25) is 0 Å². The van der Waals surface area contributed by atoms with E-state index in [1.165, 1.54) is 0 Å². The molecule has 0 bridgehead atoms. The highest BCUT2D eigenvalue weighted by Gasteiger charge is 2.08. The Balaban J connectivity index is 2.17. The van der Waals surface area contributed by atoms with E-state index in [1.807, 2.05) is 17.5 Å². The van der Waals surface area contributed by atoms with Crippen molar-refractivity contribution in [1.29, 1.82) is 0 Å². The zero-order valence-corrected chi connectivity index (χ0v) is 9.70. The fraction of sp³-hybridized carbons (Fsp3) is 0.0833. The monoisotopic (exact) mass is 246 g/mol. The number of nitrogens with one attached hydrogen (secondary N) is 1. The Morgan fingerprint density at radius 3 is 3.00 bits per heavy atom. The molecule has 5 heteroatoms. The molecule has 0 spiro atoms. The lowest BCUT2D eigenvalue weighted by Gasteiger charge is -2.01. The molecule has 0 atom stereocenters. The third kappa shape index (κ3) is 1.74. The third-order valence-electron chi connectivity index (χ3n) is 2.65. The summed E-state index contributed by atoms with van der Waals surface area (Å²) in [6.07, 6.45) is 0. The highest BCUT2D eigenvalue weighted by Crippen LogP contribution is 2.19. The Labute approximate surface area is 101 Å². The molecule has 0 aliphatic rings. The van der Waals surface area contributed by atoms with Gasteiger partial charge in [0.15, 0.2) is 0 Å². The number of hydrogen-bond donors (Lipinski definition) is 2. The maximum atomic E-state index is 11.8. The normalized spacial score (nSPS) is 11.1. The van der Waals surface area contributed by atoms with Crippen LogP contribution >= 0.6 is 11.3 Å². The van der Waals surface area contributed by atoms with E-state index in [9.17, 15) is 9.90 Å². The van der Waals surface area contributed by atoms with Crippen molar-refractivity contribution in [3.8, 4) is 5.75 Å². The largest absolute Gasteiger partial charge is 0.508 e. The average molecular weight is 246 g/mol. The van der Waals surface area contributed by atoms with E-state index in [2.05, 4.69) is 4.98 Å². The first-order valence-corrected chi connectivity index (χ1v) is 6.06. The lowest BCUT2D eigenvalue weighted by Crippen LogP contribution is -2.16. The molecule has 86 valence electrons. The SMILES string of the molecule is O=c1[nH]c2ccc(O)cc2n1Cc1cccs1. The summed E-state index contributed by atoms with van der Waals surface area (Å²) >= 11 is 1.61. The molecule has 2 aromatic heterocycles. The summed E-state index contributed by atoms with van der Waals surface area (Å²) < 4.78 is 1.63. The number of imidazole rings is 1. The van der Waals surface area contributed by atoms with Gasteiger partial charge in [0, 0.05) is 10.9 Å². The number of aromatic hydroxyl groups is 1. The Morgan fingerprint density at radius 1 is 1.35 bits per heavy atom. The first kappa shape index (κ1) is 10.2. The summed E-state index contributed by atoms with van der Waals surface area (Å²) in [5, 5.41) is 11.4. The Kier molecular flexibility index (Phi) is 2.26. The highest BCUT2D eigenvalue weighted by atomic mass is 32.1. The van der Waals surface area contributed by atoms with Crippen LogP contribution in [0.25, 0.3) is 11.0 Å². The molecule has 0 aliphatic heterocycles. The Bertz CT molecular complexity index is 710. The second-order valence-corrected chi connectivity index (χ2v) is 4.83. The predicted octanol–water partition coefficient (Wildman–Crippen LogP) is 2.15. The molecular weight excluding hydrogens is 236 g/mol. The standard InChI is InChI=1S/C12H10N2O2S/c15-8-3-4-10-11(6-8)14(12(16)13-10)7-9-2-1-5-17-9/h1-6,15H,7H2,(H,13,16). The quantitative estimate of drug-likeness (QED) is 0.728. The summed E-state index contributed by atoms with van der Waals surface area (Å²) in [5.74, 6) is 0.163. The van der Waals surface area contributed by atoms with Gasteiger partial charge >= 0.3 is 5.69 Å². The van der Waals surface area contributed by atoms with E-state index >= 15 is 0 Å². The summed E-state index contributed by atoms with van der Waals surface area (Å²) in [5.41, 5.74) is 1.31. The zero-order chi connectivity index (χ0) is 11.8. The van der Waals surface area contributed by atoms with Gasteiger partial charge < -0.3 is 10.1 Å². The number of aromatic nitrogens is 2. The van der Waals surface area contributed by atoms with Gasteiger partial charge in [-0.3, -0.25) is 4.57 Å². The molecule has 2 heterocycles. The summed E-state index contributed by atoms with van der Waals surface area (Å²) in [4.78, 5) is 15.7. The van der Waals surface area contributed by atoms with Crippen molar-refractivity contribution in [2.75, 3.05) is 0 Å². The highest BCUT2D eigenvalue weighted by molar-refractivity contribution is 7.09. The molecule has 0 aliphatic carbocycles. The number of aromatic amines is 1.